The minimum absolute atomic E-state index is 0.128. The van der Waals surface area contributed by atoms with Crippen molar-refractivity contribution in [3.63, 3.8) is 0 Å². The molecule has 1 amide bonds. The molecule has 2 aromatic heterocycles. The minimum atomic E-state index is -0.349. The molecule has 0 aliphatic carbocycles. The molecule has 42 heavy (non-hydrogen) atoms. The summed E-state index contributed by atoms with van der Waals surface area (Å²) < 4.78 is 21.2. The number of anilines is 1. The van der Waals surface area contributed by atoms with E-state index >= 15 is 0 Å². The van der Waals surface area contributed by atoms with Gasteiger partial charge in [0.05, 0.1) is 24.4 Å². The zero-order chi connectivity index (χ0) is 29.1. The Hall–Kier alpha value is -4.76. The summed E-state index contributed by atoms with van der Waals surface area (Å²) in [6.45, 7) is 1.91. The summed E-state index contributed by atoms with van der Waals surface area (Å²) in [5.74, 6) is 0.975. The van der Waals surface area contributed by atoms with Gasteiger partial charge in [0.25, 0.3) is 5.91 Å². The Kier molecular flexibility index (Phi) is 7.83. The molecule has 3 heterocycles. The number of ether oxygens (including phenoxy) is 1. The van der Waals surface area contributed by atoms with Crippen LogP contribution in [0.4, 0.5) is 10.2 Å². The Balaban J connectivity index is 1.37. The number of fused-ring (bicyclic) bond motifs is 1. The van der Waals surface area contributed by atoms with Gasteiger partial charge in [-0.05, 0) is 79.1 Å². The molecule has 0 unspecified atom stereocenters. The molecule has 1 saturated heterocycles. The highest BCUT2D eigenvalue weighted by atomic mass is 19.1. The molecule has 1 fully saturated rings. The first-order valence-electron chi connectivity index (χ1n) is 14.0. The lowest BCUT2D eigenvalue weighted by atomic mass is 10.0. The number of amides is 1. The normalized spacial score (nSPS) is 13.8. The predicted molar refractivity (Wildman–Crippen MR) is 159 cm³/mol. The molecular weight excluding hydrogens is 533 g/mol. The Bertz CT molecular complexity index is 1670. The van der Waals surface area contributed by atoms with Crippen LogP contribution in [0.25, 0.3) is 16.6 Å². The van der Waals surface area contributed by atoms with Crippen LogP contribution in [-0.2, 0) is 13.1 Å². The maximum absolute atomic E-state index is 14.1. The van der Waals surface area contributed by atoms with Gasteiger partial charge in [-0.1, -0.05) is 12.1 Å². The lowest BCUT2D eigenvalue weighted by Crippen LogP contribution is -2.38. The number of pyridine rings is 1. The number of carbonyl (C=O) groups is 1. The molecule has 0 spiro atoms. The number of aliphatic hydroxyl groups excluding tert-OH is 1. The summed E-state index contributed by atoms with van der Waals surface area (Å²) in [7, 11) is 1.62. The first-order chi connectivity index (χ1) is 20.5. The fourth-order valence-electron chi connectivity index (χ4n) is 5.36. The Morgan fingerprint density at radius 2 is 1.79 bits per heavy atom. The van der Waals surface area contributed by atoms with Crippen molar-refractivity contribution < 1.29 is 19.0 Å². The molecule has 1 aliphatic heterocycles. The first-order valence-corrected chi connectivity index (χ1v) is 14.0. The topological polar surface area (TPSA) is 83.7 Å². The third-order valence-electron chi connectivity index (χ3n) is 7.66. The summed E-state index contributed by atoms with van der Waals surface area (Å²) in [5.41, 5.74) is 3.79. The molecule has 1 N–H and O–H groups in total. The third-order valence-corrected chi connectivity index (χ3v) is 7.66. The van der Waals surface area contributed by atoms with Crippen molar-refractivity contribution in [2.45, 2.75) is 32.0 Å². The maximum Gasteiger partial charge on any atom is 0.254 e. The second-order valence-electron chi connectivity index (χ2n) is 10.5. The molecule has 5 aromatic rings. The van der Waals surface area contributed by atoms with E-state index in [0.29, 0.717) is 55.9 Å². The van der Waals surface area contributed by atoms with Crippen LogP contribution in [0.3, 0.4) is 0 Å². The number of rotatable bonds is 8. The molecule has 9 heteroatoms. The highest BCUT2D eigenvalue weighted by Gasteiger charge is 2.24. The van der Waals surface area contributed by atoms with Crippen LogP contribution in [0, 0.1) is 5.82 Å². The van der Waals surface area contributed by atoms with Crippen molar-refractivity contribution >= 4 is 22.6 Å². The van der Waals surface area contributed by atoms with Crippen LogP contribution in [-0.4, -0.2) is 57.0 Å². The molecule has 3 aromatic carbocycles. The van der Waals surface area contributed by atoms with Crippen molar-refractivity contribution in [3.8, 4) is 11.4 Å². The fraction of sp³-hybridized carbons (Fsp3) is 0.242. The van der Waals surface area contributed by atoms with Gasteiger partial charge in [0.2, 0.25) is 0 Å². The zero-order valence-corrected chi connectivity index (χ0v) is 23.4. The number of aromatic nitrogens is 3. The summed E-state index contributed by atoms with van der Waals surface area (Å²) in [6.07, 6.45) is 4.47. The van der Waals surface area contributed by atoms with E-state index in [2.05, 4.69) is 10.00 Å². The third kappa shape index (κ3) is 5.96. The average Bonchev–Trinajstić information content (AvgIpc) is 3.56. The summed E-state index contributed by atoms with van der Waals surface area (Å²) in [6, 6.07) is 23.5. The summed E-state index contributed by atoms with van der Waals surface area (Å²) in [5, 5.41) is 15.2. The van der Waals surface area contributed by atoms with Crippen LogP contribution >= 0.6 is 0 Å². The standard InChI is InChI=1S/C33H32FN5O3/c1-42-30-11-3-23(4-12-30)21-38(33(41)24-6-9-28(10-7-24)39-16-2-15-35-39)22-26-19-25-5-8-27(34)20-31(25)36-32(26)37-17-13-29(40)14-18-37/h2-12,15-16,19-20,29,40H,13-14,17-18,21-22H2,1H3. The van der Waals surface area contributed by atoms with Crippen molar-refractivity contribution in [1.29, 1.82) is 0 Å². The largest absolute Gasteiger partial charge is 0.497 e. The monoisotopic (exact) mass is 565 g/mol. The van der Waals surface area contributed by atoms with E-state index in [4.69, 9.17) is 9.72 Å². The Morgan fingerprint density at radius 3 is 2.48 bits per heavy atom. The number of piperidine rings is 1. The van der Waals surface area contributed by atoms with Gasteiger partial charge in [0.15, 0.2) is 0 Å². The number of nitrogens with zero attached hydrogens (tertiary/aromatic N) is 5. The van der Waals surface area contributed by atoms with Gasteiger partial charge < -0.3 is 19.6 Å². The number of aliphatic hydroxyl groups is 1. The van der Waals surface area contributed by atoms with E-state index in [1.165, 1.54) is 12.1 Å². The van der Waals surface area contributed by atoms with Crippen molar-refractivity contribution in [2.24, 2.45) is 0 Å². The molecule has 0 radical (unpaired) electrons. The average molecular weight is 566 g/mol. The van der Waals surface area contributed by atoms with E-state index in [9.17, 15) is 14.3 Å². The molecule has 0 saturated carbocycles. The second kappa shape index (κ2) is 12.0. The fourth-order valence-corrected chi connectivity index (χ4v) is 5.36. The number of methoxy groups -OCH3 is 1. The highest BCUT2D eigenvalue weighted by molar-refractivity contribution is 5.94. The van der Waals surface area contributed by atoms with Gasteiger partial charge in [0, 0.05) is 61.2 Å². The number of hydrogen-bond donors (Lipinski definition) is 1. The van der Waals surface area contributed by atoms with Crippen molar-refractivity contribution in [3.05, 3.63) is 114 Å². The zero-order valence-electron chi connectivity index (χ0n) is 23.4. The van der Waals surface area contributed by atoms with Crippen LogP contribution in [0.5, 0.6) is 5.75 Å². The quantitative estimate of drug-likeness (QED) is 0.272. The molecular formula is C33H32FN5O3. The van der Waals surface area contributed by atoms with E-state index in [1.54, 1.807) is 29.0 Å². The lowest BCUT2D eigenvalue weighted by Gasteiger charge is -2.33. The van der Waals surface area contributed by atoms with E-state index in [1.807, 2.05) is 66.9 Å². The second-order valence-corrected chi connectivity index (χ2v) is 10.5. The molecule has 0 atom stereocenters. The van der Waals surface area contributed by atoms with Crippen LogP contribution in [0.2, 0.25) is 0 Å². The minimum Gasteiger partial charge on any atom is -0.497 e. The lowest BCUT2D eigenvalue weighted by molar-refractivity contribution is 0.0730. The van der Waals surface area contributed by atoms with Crippen LogP contribution < -0.4 is 9.64 Å². The molecule has 6 rings (SSSR count). The van der Waals surface area contributed by atoms with E-state index in [-0.39, 0.29) is 17.8 Å². The van der Waals surface area contributed by atoms with Crippen LogP contribution in [0.15, 0.2) is 91.3 Å². The number of hydrogen-bond acceptors (Lipinski definition) is 6. The highest BCUT2D eigenvalue weighted by Crippen LogP contribution is 2.29. The van der Waals surface area contributed by atoms with E-state index < -0.39 is 0 Å². The predicted octanol–water partition coefficient (Wildman–Crippen LogP) is 5.37. The number of halogens is 1. The smallest absolute Gasteiger partial charge is 0.254 e. The van der Waals surface area contributed by atoms with Gasteiger partial charge in [0.1, 0.15) is 17.4 Å². The van der Waals surface area contributed by atoms with E-state index in [0.717, 1.165) is 28.0 Å². The van der Waals surface area contributed by atoms with Crippen molar-refractivity contribution in [2.75, 3.05) is 25.1 Å². The van der Waals surface area contributed by atoms with Gasteiger partial charge in [-0.25, -0.2) is 14.1 Å². The Labute approximate surface area is 243 Å². The molecule has 8 nitrogen and oxygen atoms in total. The van der Waals surface area contributed by atoms with Crippen LogP contribution in [0.1, 0.15) is 34.3 Å². The Morgan fingerprint density at radius 1 is 1.02 bits per heavy atom. The molecule has 1 aliphatic rings. The molecule has 0 bridgehead atoms. The number of carbonyl (C=O) groups excluding carboxylic acids is 1. The van der Waals surface area contributed by atoms with Gasteiger partial charge >= 0.3 is 0 Å². The van der Waals surface area contributed by atoms with Gasteiger partial charge in [-0.2, -0.15) is 5.10 Å². The maximum atomic E-state index is 14.1. The summed E-state index contributed by atoms with van der Waals surface area (Å²) >= 11 is 0. The SMILES string of the molecule is COc1ccc(CN(Cc2cc3ccc(F)cc3nc2N2CCC(O)CC2)C(=O)c2ccc(-n3cccn3)cc2)cc1. The molecule has 214 valence electrons. The first kappa shape index (κ1) is 27.4. The van der Waals surface area contributed by atoms with Crippen molar-refractivity contribution in [1.82, 2.24) is 19.7 Å². The van der Waals surface area contributed by atoms with Gasteiger partial charge in [-0.3, -0.25) is 4.79 Å². The summed E-state index contributed by atoms with van der Waals surface area (Å²) in [4.78, 5) is 22.9. The van der Waals surface area contributed by atoms with Gasteiger partial charge in [-0.15, -0.1) is 0 Å². The number of benzene rings is 3.